The third kappa shape index (κ3) is 6.67. The molecule has 0 radical (unpaired) electrons. The summed E-state index contributed by atoms with van der Waals surface area (Å²) in [6.07, 6.45) is 0. The van der Waals surface area contributed by atoms with E-state index in [1.807, 2.05) is 18.2 Å². The van der Waals surface area contributed by atoms with Gasteiger partial charge in [-0.05, 0) is 30.2 Å². The number of amides is 2. The standard InChI is InChI=1S/C22H27F2N3O3/c1-16(15-30-21-7-6-19(23)12-20(21)24)26-22(28)25-13-17-4-2-3-5-18(17)14-27-8-10-29-11-9-27/h2-7,12,16H,8-11,13-15H2,1H3,(H2,25,26,28). The lowest BCUT2D eigenvalue weighted by atomic mass is 10.1. The van der Waals surface area contributed by atoms with Crippen LogP contribution in [0.15, 0.2) is 42.5 Å². The summed E-state index contributed by atoms with van der Waals surface area (Å²) in [5.41, 5.74) is 2.22. The van der Waals surface area contributed by atoms with E-state index in [1.165, 1.54) is 11.6 Å². The Labute approximate surface area is 175 Å². The lowest BCUT2D eigenvalue weighted by Gasteiger charge is -2.27. The van der Waals surface area contributed by atoms with Crippen LogP contribution in [0.5, 0.6) is 5.75 Å². The van der Waals surface area contributed by atoms with Crippen LogP contribution in [-0.4, -0.2) is 49.9 Å². The maximum atomic E-state index is 13.6. The van der Waals surface area contributed by atoms with Crippen molar-refractivity contribution in [2.24, 2.45) is 0 Å². The van der Waals surface area contributed by atoms with Crippen LogP contribution in [0.2, 0.25) is 0 Å². The van der Waals surface area contributed by atoms with Crippen molar-refractivity contribution in [2.45, 2.75) is 26.1 Å². The van der Waals surface area contributed by atoms with Crippen molar-refractivity contribution in [3.05, 3.63) is 65.2 Å². The first-order chi connectivity index (χ1) is 14.5. The second-order valence-electron chi connectivity index (χ2n) is 7.27. The third-order valence-electron chi connectivity index (χ3n) is 4.82. The predicted octanol–water partition coefficient (Wildman–Crippen LogP) is 3.06. The van der Waals surface area contributed by atoms with Gasteiger partial charge >= 0.3 is 6.03 Å². The number of hydrogen-bond acceptors (Lipinski definition) is 4. The summed E-state index contributed by atoms with van der Waals surface area (Å²) >= 11 is 0. The van der Waals surface area contributed by atoms with E-state index in [-0.39, 0.29) is 24.4 Å². The zero-order chi connectivity index (χ0) is 21.3. The monoisotopic (exact) mass is 419 g/mol. The van der Waals surface area contributed by atoms with E-state index in [0.717, 1.165) is 50.5 Å². The molecule has 2 N–H and O–H groups in total. The highest BCUT2D eigenvalue weighted by molar-refractivity contribution is 5.74. The highest BCUT2D eigenvalue weighted by Gasteiger charge is 2.14. The van der Waals surface area contributed by atoms with Crippen molar-refractivity contribution in [1.29, 1.82) is 0 Å². The number of hydrogen-bond donors (Lipinski definition) is 2. The molecule has 1 heterocycles. The second kappa shape index (κ2) is 10.9. The number of urea groups is 1. The molecular formula is C22H27F2N3O3. The maximum Gasteiger partial charge on any atom is 0.315 e. The number of rotatable bonds is 8. The van der Waals surface area contributed by atoms with E-state index in [4.69, 9.17) is 9.47 Å². The van der Waals surface area contributed by atoms with Crippen molar-refractivity contribution in [1.82, 2.24) is 15.5 Å². The lowest BCUT2D eigenvalue weighted by Crippen LogP contribution is -2.43. The van der Waals surface area contributed by atoms with Gasteiger partial charge in [-0.3, -0.25) is 4.90 Å². The van der Waals surface area contributed by atoms with E-state index in [2.05, 4.69) is 21.6 Å². The fourth-order valence-corrected chi connectivity index (χ4v) is 3.18. The summed E-state index contributed by atoms with van der Waals surface area (Å²) in [7, 11) is 0. The summed E-state index contributed by atoms with van der Waals surface area (Å²) in [4.78, 5) is 14.6. The Bertz CT molecular complexity index is 844. The van der Waals surface area contributed by atoms with Gasteiger partial charge in [0.2, 0.25) is 0 Å². The van der Waals surface area contributed by atoms with E-state index in [1.54, 1.807) is 6.92 Å². The van der Waals surface area contributed by atoms with Gasteiger partial charge in [0.25, 0.3) is 0 Å². The number of halogens is 2. The molecule has 162 valence electrons. The van der Waals surface area contributed by atoms with Crippen LogP contribution < -0.4 is 15.4 Å². The van der Waals surface area contributed by atoms with Crippen LogP contribution in [0.1, 0.15) is 18.1 Å². The lowest BCUT2D eigenvalue weighted by molar-refractivity contribution is 0.0341. The number of ether oxygens (including phenoxy) is 2. The average Bonchev–Trinajstić information content (AvgIpc) is 2.73. The Morgan fingerprint density at radius 1 is 1.17 bits per heavy atom. The van der Waals surface area contributed by atoms with Gasteiger partial charge in [0.05, 0.1) is 19.3 Å². The fraction of sp³-hybridized carbons (Fsp3) is 0.409. The summed E-state index contributed by atoms with van der Waals surface area (Å²) in [5.74, 6) is -1.50. The van der Waals surface area contributed by atoms with Crippen molar-refractivity contribution in [2.75, 3.05) is 32.9 Å². The topological polar surface area (TPSA) is 62.8 Å². The molecule has 2 aromatic carbocycles. The highest BCUT2D eigenvalue weighted by atomic mass is 19.1. The van der Waals surface area contributed by atoms with Crippen LogP contribution in [0.3, 0.4) is 0 Å². The van der Waals surface area contributed by atoms with Crippen molar-refractivity contribution in [3.8, 4) is 5.75 Å². The Balaban J connectivity index is 1.45. The average molecular weight is 419 g/mol. The number of benzene rings is 2. The molecular weight excluding hydrogens is 392 g/mol. The SMILES string of the molecule is CC(COc1ccc(F)cc1F)NC(=O)NCc1ccccc1CN1CCOCC1. The minimum absolute atomic E-state index is 0.0532. The van der Waals surface area contributed by atoms with Crippen molar-refractivity contribution >= 4 is 6.03 Å². The van der Waals surface area contributed by atoms with E-state index in [9.17, 15) is 13.6 Å². The fourth-order valence-electron chi connectivity index (χ4n) is 3.18. The second-order valence-corrected chi connectivity index (χ2v) is 7.27. The molecule has 0 aromatic heterocycles. The molecule has 0 aliphatic carbocycles. The molecule has 1 fully saturated rings. The van der Waals surface area contributed by atoms with Crippen LogP contribution in [0, 0.1) is 11.6 Å². The van der Waals surface area contributed by atoms with Gasteiger partial charge < -0.3 is 20.1 Å². The van der Waals surface area contributed by atoms with Gasteiger partial charge in [-0.25, -0.2) is 13.6 Å². The Hall–Kier alpha value is -2.71. The summed E-state index contributed by atoms with van der Waals surface area (Å²) < 4.78 is 37.2. The summed E-state index contributed by atoms with van der Waals surface area (Å²) in [6.45, 7) is 6.29. The Morgan fingerprint density at radius 3 is 2.63 bits per heavy atom. The van der Waals surface area contributed by atoms with Gasteiger partial charge in [0.1, 0.15) is 12.4 Å². The molecule has 1 saturated heterocycles. The maximum absolute atomic E-state index is 13.6. The number of carbonyl (C=O) groups excluding carboxylic acids is 1. The van der Waals surface area contributed by atoms with Crippen LogP contribution >= 0.6 is 0 Å². The Kier molecular flexibility index (Phi) is 7.98. The Morgan fingerprint density at radius 2 is 1.90 bits per heavy atom. The first kappa shape index (κ1) is 22.0. The van der Waals surface area contributed by atoms with Crippen LogP contribution in [-0.2, 0) is 17.8 Å². The first-order valence-corrected chi connectivity index (χ1v) is 10.0. The third-order valence-corrected chi connectivity index (χ3v) is 4.82. The molecule has 1 aliphatic rings. The number of nitrogens with one attached hydrogen (secondary N) is 2. The molecule has 6 nitrogen and oxygen atoms in total. The molecule has 2 amide bonds. The molecule has 2 aromatic rings. The largest absolute Gasteiger partial charge is 0.488 e. The highest BCUT2D eigenvalue weighted by Crippen LogP contribution is 2.17. The molecule has 1 aliphatic heterocycles. The molecule has 0 saturated carbocycles. The van der Waals surface area contributed by atoms with Gasteiger partial charge in [0, 0.05) is 32.2 Å². The van der Waals surface area contributed by atoms with Crippen molar-refractivity contribution in [3.63, 3.8) is 0 Å². The van der Waals surface area contributed by atoms with Gasteiger partial charge in [-0.1, -0.05) is 24.3 Å². The number of nitrogens with zero attached hydrogens (tertiary/aromatic N) is 1. The van der Waals surface area contributed by atoms with Crippen molar-refractivity contribution < 1.29 is 23.0 Å². The smallest absolute Gasteiger partial charge is 0.315 e. The first-order valence-electron chi connectivity index (χ1n) is 10.0. The van der Waals surface area contributed by atoms with Crippen LogP contribution in [0.25, 0.3) is 0 Å². The number of carbonyl (C=O) groups is 1. The summed E-state index contributed by atoms with van der Waals surface area (Å²) in [6, 6.07) is 10.4. The predicted molar refractivity (Wildman–Crippen MR) is 109 cm³/mol. The molecule has 0 bridgehead atoms. The van der Waals surface area contributed by atoms with Crippen LogP contribution in [0.4, 0.5) is 13.6 Å². The van der Waals surface area contributed by atoms with Gasteiger partial charge in [0.15, 0.2) is 11.6 Å². The van der Waals surface area contributed by atoms with E-state index < -0.39 is 11.6 Å². The van der Waals surface area contributed by atoms with Gasteiger partial charge in [-0.15, -0.1) is 0 Å². The molecule has 0 spiro atoms. The molecule has 30 heavy (non-hydrogen) atoms. The quantitative estimate of drug-likeness (QED) is 0.691. The van der Waals surface area contributed by atoms with E-state index >= 15 is 0 Å². The molecule has 3 rings (SSSR count). The normalized spacial score (nSPS) is 15.4. The molecule has 1 atom stereocenters. The summed E-state index contributed by atoms with van der Waals surface area (Å²) in [5, 5.41) is 5.61. The molecule has 1 unspecified atom stereocenters. The zero-order valence-corrected chi connectivity index (χ0v) is 17.0. The minimum Gasteiger partial charge on any atom is -0.488 e. The number of morpholine rings is 1. The van der Waals surface area contributed by atoms with Gasteiger partial charge in [-0.2, -0.15) is 0 Å². The van der Waals surface area contributed by atoms with E-state index in [0.29, 0.717) is 6.54 Å². The minimum atomic E-state index is -0.775. The zero-order valence-electron chi connectivity index (χ0n) is 17.0. The molecule has 8 heteroatoms.